The van der Waals surface area contributed by atoms with Crippen LogP contribution in [0.5, 0.6) is 0 Å². The lowest BCUT2D eigenvalue weighted by Crippen LogP contribution is -1.93. The summed E-state index contributed by atoms with van der Waals surface area (Å²) < 4.78 is 1.02. The van der Waals surface area contributed by atoms with E-state index in [1.807, 2.05) is 12.1 Å². The maximum atomic E-state index is 9.20. The zero-order valence-electron chi connectivity index (χ0n) is 5.05. The van der Waals surface area contributed by atoms with E-state index in [0.717, 1.165) is 8.66 Å². The molecule has 0 amide bonds. The molecule has 0 radical (unpaired) electrons. The molecule has 0 saturated heterocycles. The second kappa shape index (κ2) is 3.72. The Morgan fingerprint density at radius 1 is 1.70 bits per heavy atom. The van der Waals surface area contributed by atoms with Crippen LogP contribution in [0.4, 0.5) is 0 Å². The summed E-state index contributed by atoms with van der Waals surface area (Å²) in [7, 11) is 0. The van der Waals surface area contributed by atoms with E-state index >= 15 is 0 Å². The van der Waals surface area contributed by atoms with E-state index in [9.17, 15) is 5.11 Å². The van der Waals surface area contributed by atoms with Crippen molar-refractivity contribution in [3.63, 3.8) is 0 Å². The van der Waals surface area contributed by atoms with Gasteiger partial charge in [0.05, 0.1) is 9.67 Å². The van der Waals surface area contributed by atoms with Crippen LogP contribution in [0.1, 0.15) is 11.0 Å². The van der Waals surface area contributed by atoms with Crippen LogP contribution in [0.25, 0.3) is 0 Å². The molecule has 0 saturated carbocycles. The van der Waals surface area contributed by atoms with Gasteiger partial charge in [-0.15, -0.1) is 22.9 Å². The minimum Gasteiger partial charge on any atom is -0.386 e. The average molecular weight is 242 g/mol. The fraction of sp³-hybridized carbons (Fsp3) is 0.333. The lowest BCUT2D eigenvalue weighted by molar-refractivity contribution is 0.206. The minimum absolute atomic E-state index is 0.257. The first-order valence-electron chi connectivity index (χ1n) is 2.73. The number of alkyl halides is 1. The second-order valence-corrected chi connectivity index (χ2v) is 4.62. The predicted octanol–water partition coefficient (Wildman–Crippen LogP) is 2.78. The van der Waals surface area contributed by atoms with Gasteiger partial charge >= 0.3 is 0 Å². The van der Waals surface area contributed by atoms with E-state index in [-0.39, 0.29) is 5.88 Å². The fourth-order valence-corrected chi connectivity index (χ4v) is 2.25. The third-order valence-electron chi connectivity index (χ3n) is 1.07. The smallest absolute Gasteiger partial charge is 0.102 e. The summed E-state index contributed by atoms with van der Waals surface area (Å²) in [4.78, 5) is 0.905. The van der Waals surface area contributed by atoms with Crippen molar-refractivity contribution in [2.24, 2.45) is 0 Å². The summed E-state index contributed by atoms with van der Waals surface area (Å²) in [6.45, 7) is 0. The Labute approximate surface area is 76.8 Å². The molecule has 1 aromatic rings. The van der Waals surface area contributed by atoms with Crippen molar-refractivity contribution in [3.8, 4) is 0 Å². The van der Waals surface area contributed by atoms with Crippen LogP contribution in [-0.2, 0) is 0 Å². The highest BCUT2D eigenvalue weighted by molar-refractivity contribution is 9.11. The zero-order valence-corrected chi connectivity index (χ0v) is 8.21. The molecule has 0 aliphatic carbocycles. The molecule has 56 valence electrons. The molecular formula is C6H6BrClOS. The van der Waals surface area contributed by atoms with Gasteiger partial charge in [0.15, 0.2) is 0 Å². The normalized spacial score (nSPS) is 13.5. The van der Waals surface area contributed by atoms with Gasteiger partial charge in [0.2, 0.25) is 0 Å². The van der Waals surface area contributed by atoms with E-state index in [1.165, 1.54) is 11.3 Å². The molecule has 0 spiro atoms. The summed E-state index contributed by atoms with van der Waals surface area (Å²) in [6.07, 6.45) is -0.516. The predicted molar refractivity (Wildman–Crippen MR) is 47.7 cm³/mol. The van der Waals surface area contributed by atoms with Crippen LogP contribution in [0.15, 0.2) is 15.9 Å². The number of aliphatic hydroxyl groups excluding tert-OH is 1. The average Bonchev–Trinajstić information content (AvgIpc) is 2.34. The molecule has 4 heteroatoms. The Morgan fingerprint density at radius 3 is 2.80 bits per heavy atom. The first kappa shape index (κ1) is 8.53. The van der Waals surface area contributed by atoms with Crippen molar-refractivity contribution in [1.82, 2.24) is 0 Å². The van der Waals surface area contributed by atoms with E-state index in [0.29, 0.717) is 0 Å². The highest BCUT2D eigenvalue weighted by Crippen LogP contribution is 2.27. The summed E-state index contributed by atoms with van der Waals surface area (Å²) in [5.74, 6) is 0.257. The Bertz CT molecular complexity index is 213. The molecule has 1 atom stereocenters. The third-order valence-corrected chi connectivity index (χ3v) is 3.09. The van der Waals surface area contributed by atoms with Gasteiger partial charge in [-0.25, -0.2) is 0 Å². The van der Waals surface area contributed by atoms with Crippen molar-refractivity contribution in [2.75, 3.05) is 5.88 Å². The van der Waals surface area contributed by atoms with Crippen LogP contribution in [-0.4, -0.2) is 11.0 Å². The molecule has 0 aliphatic heterocycles. The second-order valence-electron chi connectivity index (χ2n) is 1.81. The third kappa shape index (κ3) is 1.95. The van der Waals surface area contributed by atoms with E-state index in [2.05, 4.69) is 15.9 Å². The molecule has 1 nitrogen and oxygen atoms in total. The van der Waals surface area contributed by atoms with Gasteiger partial charge in [0.1, 0.15) is 6.10 Å². The van der Waals surface area contributed by atoms with E-state index in [1.54, 1.807) is 0 Å². The van der Waals surface area contributed by atoms with Crippen LogP contribution in [0.2, 0.25) is 0 Å². The number of hydrogen-bond donors (Lipinski definition) is 1. The fourth-order valence-electron chi connectivity index (χ4n) is 0.583. The molecule has 1 heterocycles. The van der Waals surface area contributed by atoms with Crippen molar-refractivity contribution in [3.05, 3.63) is 20.8 Å². The zero-order chi connectivity index (χ0) is 7.56. The Kier molecular flexibility index (Phi) is 3.17. The van der Waals surface area contributed by atoms with Gasteiger partial charge in [-0.1, -0.05) is 0 Å². The molecule has 0 fully saturated rings. The number of rotatable bonds is 2. The summed E-state index contributed by atoms with van der Waals surface area (Å²) >= 11 is 10.2. The van der Waals surface area contributed by atoms with Crippen LogP contribution in [0, 0.1) is 0 Å². The summed E-state index contributed by atoms with van der Waals surface area (Å²) in [6, 6.07) is 3.76. The van der Waals surface area contributed by atoms with Gasteiger partial charge in [-0.3, -0.25) is 0 Å². The van der Waals surface area contributed by atoms with Crippen LogP contribution < -0.4 is 0 Å². The highest BCUT2D eigenvalue weighted by atomic mass is 79.9. The molecular weight excluding hydrogens is 235 g/mol. The lowest BCUT2D eigenvalue weighted by atomic mass is 10.3. The molecule has 1 aromatic heterocycles. The first-order valence-corrected chi connectivity index (χ1v) is 4.87. The van der Waals surface area contributed by atoms with Crippen LogP contribution in [0.3, 0.4) is 0 Å². The SMILES string of the molecule is O[C@H](CCl)c1ccc(Br)s1. The van der Waals surface area contributed by atoms with Crippen molar-refractivity contribution in [1.29, 1.82) is 0 Å². The Hall–Kier alpha value is 0.430. The van der Waals surface area contributed by atoms with Crippen molar-refractivity contribution >= 4 is 38.9 Å². The van der Waals surface area contributed by atoms with Gasteiger partial charge in [0.25, 0.3) is 0 Å². The minimum atomic E-state index is -0.516. The number of aliphatic hydroxyl groups is 1. The van der Waals surface area contributed by atoms with Gasteiger partial charge in [-0.05, 0) is 28.1 Å². The van der Waals surface area contributed by atoms with Gasteiger partial charge < -0.3 is 5.11 Å². The van der Waals surface area contributed by atoms with Crippen LogP contribution >= 0.6 is 38.9 Å². The number of halogens is 2. The largest absolute Gasteiger partial charge is 0.386 e. The van der Waals surface area contributed by atoms with Crippen molar-refractivity contribution < 1.29 is 5.11 Å². The molecule has 0 aliphatic rings. The Balaban J connectivity index is 2.74. The maximum absolute atomic E-state index is 9.20. The molecule has 1 N–H and O–H groups in total. The molecule has 1 rings (SSSR count). The molecule has 10 heavy (non-hydrogen) atoms. The van der Waals surface area contributed by atoms with Gasteiger partial charge in [-0.2, -0.15) is 0 Å². The molecule has 0 unspecified atom stereocenters. The quantitative estimate of drug-likeness (QED) is 0.790. The summed E-state index contributed by atoms with van der Waals surface area (Å²) in [5.41, 5.74) is 0. The maximum Gasteiger partial charge on any atom is 0.102 e. The topological polar surface area (TPSA) is 20.2 Å². The number of hydrogen-bond acceptors (Lipinski definition) is 2. The Morgan fingerprint density at radius 2 is 2.40 bits per heavy atom. The van der Waals surface area contributed by atoms with Crippen molar-refractivity contribution in [2.45, 2.75) is 6.10 Å². The highest BCUT2D eigenvalue weighted by Gasteiger charge is 2.07. The monoisotopic (exact) mass is 240 g/mol. The van der Waals surface area contributed by atoms with Gasteiger partial charge in [0, 0.05) is 4.88 Å². The standard InChI is InChI=1S/C6H6BrClOS/c7-6-2-1-5(10-6)4(9)3-8/h1-2,4,9H,3H2/t4-/m1/s1. The van der Waals surface area contributed by atoms with E-state index in [4.69, 9.17) is 11.6 Å². The first-order chi connectivity index (χ1) is 4.74. The molecule has 0 bridgehead atoms. The lowest BCUT2D eigenvalue weighted by Gasteiger charge is -2.00. The number of thiophene rings is 1. The summed E-state index contributed by atoms with van der Waals surface area (Å²) in [5, 5.41) is 9.20. The molecule has 0 aromatic carbocycles. The van der Waals surface area contributed by atoms with E-state index < -0.39 is 6.10 Å².